The molecular formula is C20H20N2O3. The minimum Gasteiger partial charge on any atom is -0.479 e. The number of ether oxygens (including phenoxy) is 1. The number of carbonyl (C=O) groups excluding carboxylic acids is 2. The van der Waals surface area contributed by atoms with Crippen molar-refractivity contribution in [1.29, 1.82) is 0 Å². The Morgan fingerprint density at radius 1 is 1.16 bits per heavy atom. The Hall–Kier alpha value is -2.82. The van der Waals surface area contributed by atoms with Crippen LogP contribution in [0, 0.1) is 0 Å². The smallest absolute Gasteiger partial charge is 0.267 e. The summed E-state index contributed by atoms with van der Waals surface area (Å²) in [5.74, 6) is 0.510. The third kappa shape index (κ3) is 2.65. The largest absolute Gasteiger partial charge is 0.479 e. The number of amides is 2. The van der Waals surface area contributed by atoms with E-state index in [4.69, 9.17) is 4.74 Å². The SMILES string of the molecule is CC1Oc2ccc(C(=O)N3CCc4ccccc4C3)cc2N(C)C1=O. The highest BCUT2D eigenvalue weighted by Gasteiger charge is 2.30. The van der Waals surface area contributed by atoms with Crippen LogP contribution in [0.5, 0.6) is 5.75 Å². The van der Waals surface area contributed by atoms with E-state index in [1.807, 2.05) is 17.0 Å². The summed E-state index contributed by atoms with van der Waals surface area (Å²) in [4.78, 5) is 28.5. The Kier molecular flexibility index (Phi) is 3.71. The number of hydrogen-bond donors (Lipinski definition) is 0. The third-order valence-corrected chi connectivity index (χ3v) is 4.97. The number of carbonyl (C=O) groups is 2. The first kappa shape index (κ1) is 15.7. The summed E-state index contributed by atoms with van der Waals surface area (Å²) in [6.07, 6.45) is 0.365. The van der Waals surface area contributed by atoms with E-state index >= 15 is 0 Å². The van der Waals surface area contributed by atoms with Gasteiger partial charge in [-0.1, -0.05) is 24.3 Å². The fraction of sp³-hybridized carbons (Fsp3) is 0.300. The monoisotopic (exact) mass is 336 g/mol. The van der Waals surface area contributed by atoms with Crippen LogP contribution < -0.4 is 9.64 Å². The van der Waals surface area contributed by atoms with E-state index in [0.717, 1.165) is 6.42 Å². The molecule has 0 aromatic heterocycles. The number of likely N-dealkylation sites (N-methyl/N-ethyl adjacent to an activating group) is 1. The van der Waals surface area contributed by atoms with Crippen molar-refractivity contribution in [1.82, 2.24) is 4.90 Å². The van der Waals surface area contributed by atoms with Gasteiger partial charge in [0.15, 0.2) is 6.10 Å². The summed E-state index contributed by atoms with van der Waals surface area (Å²) in [6.45, 7) is 3.05. The molecule has 0 saturated heterocycles. The highest BCUT2D eigenvalue weighted by Crippen LogP contribution is 2.34. The zero-order chi connectivity index (χ0) is 17.6. The molecule has 0 spiro atoms. The predicted molar refractivity (Wildman–Crippen MR) is 94.8 cm³/mol. The maximum absolute atomic E-state index is 12.9. The highest BCUT2D eigenvalue weighted by atomic mass is 16.5. The van der Waals surface area contributed by atoms with Gasteiger partial charge in [-0.05, 0) is 42.7 Å². The minimum atomic E-state index is -0.502. The second-order valence-electron chi connectivity index (χ2n) is 6.59. The molecule has 1 atom stereocenters. The van der Waals surface area contributed by atoms with Crippen molar-refractivity contribution in [2.75, 3.05) is 18.5 Å². The summed E-state index contributed by atoms with van der Waals surface area (Å²) in [6, 6.07) is 13.5. The molecule has 0 aliphatic carbocycles. The normalized spacial score (nSPS) is 19.1. The van der Waals surface area contributed by atoms with Gasteiger partial charge in [-0.15, -0.1) is 0 Å². The number of anilines is 1. The van der Waals surface area contributed by atoms with Crippen LogP contribution in [-0.4, -0.2) is 36.4 Å². The molecule has 0 saturated carbocycles. The molecule has 2 aromatic carbocycles. The molecule has 0 N–H and O–H groups in total. The van der Waals surface area contributed by atoms with Crippen molar-refractivity contribution in [2.45, 2.75) is 26.0 Å². The van der Waals surface area contributed by atoms with Crippen LogP contribution in [-0.2, 0) is 17.8 Å². The zero-order valence-corrected chi connectivity index (χ0v) is 14.4. The Bertz CT molecular complexity index is 862. The molecule has 2 aliphatic heterocycles. The average molecular weight is 336 g/mol. The lowest BCUT2D eigenvalue weighted by Gasteiger charge is -2.32. The molecule has 2 heterocycles. The van der Waals surface area contributed by atoms with E-state index in [1.165, 1.54) is 11.1 Å². The Labute approximate surface area is 146 Å². The maximum Gasteiger partial charge on any atom is 0.267 e. The van der Waals surface area contributed by atoms with Crippen molar-refractivity contribution in [2.24, 2.45) is 0 Å². The van der Waals surface area contributed by atoms with Gasteiger partial charge in [-0.3, -0.25) is 9.59 Å². The number of hydrogen-bond acceptors (Lipinski definition) is 3. The van der Waals surface area contributed by atoms with Crippen molar-refractivity contribution < 1.29 is 14.3 Å². The van der Waals surface area contributed by atoms with Crippen LogP contribution in [0.1, 0.15) is 28.4 Å². The first-order chi connectivity index (χ1) is 12.0. The van der Waals surface area contributed by atoms with E-state index in [1.54, 1.807) is 37.1 Å². The molecule has 2 amide bonds. The molecule has 5 heteroatoms. The number of fused-ring (bicyclic) bond motifs is 2. The predicted octanol–water partition coefficient (Wildman–Crippen LogP) is 2.63. The third-order valence-electron chi connectivity index (χ3n) is 4.97. The topological polar surface area (TPSA) is 49.9 Å². The van der Waals surface area contributed by atoms with Gasteiger partial charge in [0, 0.05) is 25.7 Å². The van der Waals surface area contributed by atoms with Gasteiger partial charge in [0.25, 0.3) is 11.8 Å². The van der Waals surface area contributed by atoms with E-state index in [2.05, 4.69) is 12.1 Å². The Morgan fingerprint density at radius 3 is 2.72 bits per heavy atom. The number of nitrogens with zero attached hydrogens (tertiary/aromatic N) is 2. The second kappa shape index (κ2) is 5.92. The molecule has 0 fully saturated rings. The van der Waals surface area contributed by atoms with E-state index in [0.29, 0.717) is 30.1 Å². The van der Waals surface area contributed by atoms with Crippen LogP contribution in [0.15, 0.2) is 42.5 Å². The molecular weight excluding hydrogens is 316 g/mol. The lowest BCUT2D eigenvalue weighted by Crippen LogP contribution is -2.42. The first-order valence-corrected chi connectivity index (χ1v) is 8.49. The first-order valence-electron chi connectivity index (χ1n) is 8.49. The lowest BCUT2D eigenvalue weighted by molar-refractivity contribution is -0.125. The molecule has 1 unspecified atom stereocenters. The molecule has 2 aromatic rings. The lowest BCUT2D eigenvalue weighted by atomic mass is 9.99. The minimum absolute atomic E-state index is 0.0169. The van der Waals surface area contributed by atoms with Gasteiger partial charge in [-0.25, -0.2) is 0 Å². The highest BCUT2D eigenvalue weighted by molar-refractivity contribution is 6.02. The fourth-order valence-electron chi connectivity index (χ4n) is 3.50. The second-order valence-corrected chi connectivity index (χ2v) is 6.59. The van der Waals surface area contributed by atoms with E-state index in [9.17, 15) is 9.59 Å². The van der Waals surface area contributed by atoms with E-state index < -0.39 is 6.10 Å². The standard InChI is InChI=1S/C20H20N2O3/c1-13-19(23)21(2)17-11-15(7-8-18(17)25-13)20(24)22-10-9-14-5-3-4-6-16(14)12-22/h3-8,11,13H,9-10,12H2,1-2H3. The van der Waals surface area contributed by atoms with Gasteiger partial charge in [0.1, 0.15) is 5.75 Å². The quantitative estimate of drug-likeness (QED) is 0.804. The van der Waals surface area contributed by atoms with Crippen molar-refractivity contribution in [3.63, 3.8) is 0 Å². The van der Waals surface area contributed by atoms with Crippen LogP contribution >= 0.6 is 0 Å². The van der Waals surface area contributed by atoms with Gasteiger partial charge in [0.2, 0.25) is 0 Å². The van der Waals surface area contributed by atoms with Crippen LogP contribution in [0.3, 0.4) is 0 Å². The molecule has 0 bridgehead atoms. The van der Waals surface area contributed by atoms with Crippen LogP contribution in [0.4, 0.5) is 5.69 Å². The summed E-state index contributed by atoms with van der Waals surface area (Å²) in [5, 5.41) is 0. The van der Waals surface area contributed by atoms with Crippen molar-refractivity contribution in [3.8, 4) is 5.75 Å². The van der Waals surface area contributed by atoms with Gasteiger partial charge < -0.3 is 14.5 Å². The van der Waals surface area contributed by atoms with E-state index in [-0.39, 0.29) is 11.8 Å². The van der Waals surface area contributed by atoms with Crippen molar-refractivity contribution >= 4 is 17.5 Å². The molecule has 5 nitrogen and oxygen atoms in total. The van der Waals surface area contributed by atoms with Crippen LogP contribution in [0.25, 0.3) is 0 Å². The summed E-state index contributed by atoms with van der Waals surface area (Å²) in [7, 11) is 1.71. The molecule has 128 valence electrons. The molecule has 2 aliphatic rings. The van der Waals surface area contributed by atoms with Gasteiger partial charge in [0.05, 0.1) is 5.69 Å². The molecule has 4 rings (SSSR count). The summed E-state index contributed by atoms with van der Waals surface area (Å²) >= 11 is 0. The fourth-order valence-corrected chi connectivity index (χ4v) is 3.50. The summed E-state index contributed by atoms with van der Waals surface area (Å²) in [5.41, 5.74) is 3.73. The Balaban J connectivity index is 1.61. The zero-order valence-electron chi connectivity index (χ0n) is 14.4. The Morgan fingerprint density at radius 2 is 1.92 bits per heavy atom. The number of benzene rings is 2. The molecule has 0 radical (unpaired) electrons. The van der Waals surface area contributed by atoms with Gasteiger partial charge in [-0.2, -0.15) is 0 Å². The van der Waals surface area contributed by atoms with Gasteiger partial charge >= 0.3 is 0 Å². The van der Waals surface area contributed by atoms with Crippen LogP contribution in [0.2, 0.25) is 0 Å². The maximum atomic E-state index is 12.9. The molecule has 25 heavy (non-hydrogen) atoms. The number of rotatable bonds is 1. The average Bonchev–Trinajstić information content (AvgIpc) is 2.65. The summed E-state index contributed by atoms with van der Waals surface area (Å²) < 4.78 is 5.63. The van der Waals surface area contributed by atoms with Crippen molar-refractivity contribution in [3.05, 3.63) is 59.2 Å².